The number of anilines is 1. The molecule has 2 aromatic carbocycles. The highest BCUT2D eigenvalue weighted by Gasteiger charge is 2.47. The fourth-order valence-corrected chi connectivity index (χ4v) is 4.19. The van der Waals surface area contributed by atoms with Gasteiger partial charge in [0.1, 0.15) is 5.76 Å². The minimum absolute atomic E-state index is 0.0559. The number of carbonyl (C=O) groups excluding carboxylic acids is 3. The summed E-state index contributed by atoms with van der Waals surface area (Å²) in [4.78, 5) is 44.2. The third-order valence-corrected chi connectivity index (χ3v) is 5.81. The Balaban J connectivity index is 1.60. The minimum Gasteiger partial charge on any atom is -0.507 e. The molecule has 1 aromatic heterocycles. The van der Waals surface area contributed by atoms with Gasteiger partial charge in [0.25, 0.3) is 11.7 Å². The third kappa shape index (κ3) is 4.04. The van der Waals surface area contributed by atoms with Gasteiger partial charge in [0.15, 0.2) is 11.5 Å². The van der Waals surface area contributed by atoms with E-state index in [1.54, 1.807) is 62.5 Å². The van der Waals surface area contributed by atoms with E-state index in [-0.39, 0.29) is 24.2 Å². The highest BCUT2D eigenvalue weighted by molar-refractivity contribution is 6.51. The molecule has 0 radical (unpaired) electrons. The van der Waals surface area contributed by atoms with Crippen molar-refractivity contribution in [3.05, 3.63) is 89.3 Å². The summed E-state index contributed by atoms with van der Waals surface area (Å²) in [6.07, 6.45) is 2.82. The number of amides is 1. The third-order valence-electron chi connectivity index (χ3n) is 5.81. The van der Waals surface area contributed by atoms with Gasteiger partial charge in [0.05, 0.1) is 23.3 Å². The van der Waals surface area contributed by atoms with Crippen LogP contribution in [-0.4, -0.2) is 40.6 Å². The first-order chi connectivity index (χ1) is 17.3. The van der Waals surface area contributed by atoms with Crippen LogP contribution in [0.25, 0.3) is 5.76 Å². The first kappa shape index (κ1) is 23.1. The van der Waals surface area contributed by atoms with Crippen molar-refractivity contribution in [3.8, 4) is 11.5 Å². The lowest BCUT2D eigenvalue weighted by Crippen LogP contribution is -2.29. The normalized spacial score (nSPS) is 18.1. The van der Waals surface area contributed by atoms with Gasteiger partial charge in [0, 0.05) is 23.6 Å². The van der Waals surface area contributed by atoms with Crippen molar-refractivity contribution in [1.29, 1.82) is 0 Å². The predicted octanol–water partition coefficient (Wildman–Crippen LogP) is 4.00. The van der Waals surface area contributed by atoms with Crippen LogP contribution >= 0.6 is 0 Å². The van der Waals surface area contributed by atoms with Crippen LogP contribution in [0.5, 0.6) is 11.5 Å². The number of hydrogen-bond donors (Lipinski definition) is 1. The molecular weight excluding hydrogens is 464 g/mol. The van der Waals surface area contributed by atoms with Gasteiger partial charge in [-0.3, -0.25) is 19.5 Å². The molecule has 3 heterocycles. The second kappa shape index (κ2) is 9.18. The largest absolute Gasteiger partial charge is 0.507 e. The van der Waals surface area contributed by atoms with E-state index in [1.807, 2.05) is 0 Å². The lowest BCUT2D eigenvalue weighted by molar-refractivity contribution is -0.132. The number of esters is 1. The predicted molar refractivity (Wildman–Crippen MR) is 129 cm³/mol. The second-order valence-electron chi connectivity index (χ2n) is 8.52. The first-order valence-electron chi connectivity index (χ1n) is 11.3. The highest BCUT2D eigenvalue weighted by Crippen LogP contribution is 2.43. The lowest BCUT2D eigenvalue weighted by Gasteiger charge is -2.25. The van der Waals surface area contributed by atoms with Crippen LogP contribution in [-0.2, 0) is 14.3 Å². The Morgan fingerprint density at radius 3 is 2.47 bits per heavy atom. The molecule has 3 aromatic rings. The van der Waals surface area contributed by atoms with Gasteiger partial charge < -0.3 is 19.3 Å². The fourth-order valence-electron chi connectivity index (χ4n) is 4.19. The maximum atomic E-state index is 13.3. The molecule has 0 bridgehead atoms. The van der Waals surface area contributed by atoms with E-state index in [2.05, 4.69) is 4.98 Å². The molecule has 0 saturated carbocycles. The van der Waals surface area contributed by atoms with E-state index in [0.717, 1.165) is 0 Å². The lowest BCUT2D eigenvalue weighted by atomic mass is 9.96. The molecule has 1 N–H and O–H groups in total. The Bertz CT molecular complexity index is 1380. The topological polar surface area (TPSA) is 115 Å². The van der Waals surface area contributed by atoms with Crippen LogP contribution in [0.2, 0.25) is 0 Å². The Labute approximate surface area is 206 Å². The number of aliphatic hydroxyl groups excluding tert-OH is 1. The number of ether oxygens (including phenoxy) is 3. The van der Waals surface area contributed by atoms with Crippen LogP contribution in [0, 0.1) is 0 Å². The molecule has 5 rings (SSSR count). The monoisotopic (exact) mass is 486 g/mol. The molecule has 1 fully saturated rings. The van der Waals surface area contributed by atoms with E-state index >= 15 is 0 Å². The number of rotatable bonds is 5. The molecule has 9 heteroatoms. The van der Waals surface area contributed by atoms with Gasteiger partial charge in [-0.2, -0.15) is 0 Å². The SMILES string of the molecule is CC(C)OC(=O)c1ccc(N2C(=O)C(=O)/C(=C(\O)c3ccc4c(c3)OCO4)C2c2cccnc2)cc1. The van der Waals surface area contributed by atoms with E-state index in [1.165, 1.54) is 23.2 Å². The Hall–Kier alpha value is -4.66. The van der Waals surface area contributed by atoms with Gasteiger partial charge in [-0.1, -0.05) is 6.07 Å². The number of benzene rings is 2. The number of carbonyl (C=O) groups is 3. The van der Waals surface area contributed by atoms with E-state index in [0.29, 0.717) is 33.9 Å². The Morgan fingerprint density at radius 1 is 1.06 bits per heavy atom. The van der Waals surface area contributed by atoms with Crippen molar-refractivity contribution in [1.82, 2.24) is 4.98 Å². The van der Waals surface area contributed by atoms with Crippen molar-refractivity contribution in [3.63, 3.8) is 0 Å². The summed E-state index contributed by atoms with van der Waals surface area (Å²) in [5.41, 5.74) is 1.43. The summed E-state index contributed by atoms with van der Waals surface area (Å²) in [6, 6.07) is 13.4. The molecule has 1 unspecified atom stereocenters. The number of aliphatic hydroxyl groups is 1. The maximum Gasteiger partial charge on any atom is 0.338 e. The first-order valence-corrected chi connectivity index (χ1v) is 11.3. The van der Waals surface area contributed by atoms with Crippen LogP contribution in [0.1, 0.15) is 41.4 Å². The number of hydrogen-bond acceptors (Lipinski definition) is 8. The number of pyridine rings is 1. The zero-order valence-electron chi connectivity index (χ0n) is 19.5. The molecule has 9 nitrogen and oxygen atoms in total. The van der Waals surface area contributed by atoms with Gasteiger partial charge in [-0.25, -0.2) is 4.79 Å². The summed E-state index contributed by atoms with van der Waals surface area (Å²) < 4.78 is 15.9. The summed E-state index contributed by atoms with van der Waals surface area (Å²) >= 11 is 0. The second-order valence-corrected chi connectivity index (χ2v) is 8.52. The summed E-state index contributed by atoms with van der Waals surface area (Å²) in [5.74, 6) is -1.56. The molecule has 1 amide bonds. The van der Waals surface area contributed by atoms with Gasteiger partial charge >= 0.3 is 5.97 Å². The average molecular weight is 486 g/mol. The summed E-state index contributed by atoms with van der Waals surface area (Å²) in [7, 11) is 0. The van der Waals surface area contributed by atoms with Crippen molar-refractivity contribution in [2.45, 2.75) is 26.0 Å². The van der Waals surface area contributed by atoms with Crippen molar-refractivity contribution in [2.24, 2.45) is 0 Å². The smallest absolute Gasteiger partial charge is 0.338 e. The van der Waals surface area contributed by atoms with Crippen molar-refractivity contribution in [2.75, 3.05) is 11.7 Å². The van der Waals surface area contributed by atoms with Crippen LogP contribution in [0.3, 0.4) is 0 Å². The molecule has 1 atom stereocenters. The van der Waals surface area contributed by atoms with E-state index in [9.17, 15) is 19.5 Å². The van der Waals surface area contributed by atoms with Crippen LogP contribution in [0.15, 0.2) is 72.6 Å². The molecule has 0 aliphatic carbocycles. The van der Waals surface area contributed by atoms with Crippen molar-refractivity contribution < 1.29 is 33.7 Å². The number of ketones is 1. The minimum atomic E-state index is -0.947. The number of nitrogens with zero attached hydrogens (tertiary/aromatic N) is 2. The molecule has 1 saturated heterocycles. The molecule has 2 aliphatic rings. The zero-order valence-corrected chi connectivity index (χ0v) is 19.5. The molecule has 2 aliphatic heterocycles. The Kier molecular flexibility index (Phi) is 5.89. The molecule has 36 heavy (non-hydrogen) atoms. The summed E-state index contributed by atoms with van der Waals surface area (Å²) in [6.45, 7) is 3.56. The number of Topliss-reactive ketones (excluding diaryl/α,β-unsaturated/α-hetero) is 1. The zero-order chi connectivity index (χ0) is 25.4. The van der Waals surface area contributed by atoms with Gasteiger partial charge in [-0.05, 0) is 67.9 Å². The highest BCUT2D eigenvalue weighted by atomic mass is 16.7. The molecule has 0 spiro atoms. The standard InChI is InChI=1S/C27H22N2O7/c1-15(2)36-27(33)16-5-8-19(9-6-16)29-23(18-4-3-11-28-13-18)22(25(31)26(29)32)24(30)17-7-10-20-21(12-17)35-14-34-20/h3-13,15,23,30H,14H2,1-2H3/b24-22-. The van der Waals surface area contributed by atoms with Crippen LogP contribution in [0.4, 0.5) is 5.69 Å². The average Bonchev–Trinajstić information content (AvgIpc) is 3.46. The van der Waals surface area contributed by atoms with Gasteiger partial charge in [-0.15, -0.1) is 0 Å². The molecular formula is C27H22N2O7. The number of aromatic nitrogens is 1. The Morgan fingerprint density at radius 2 is 1.78 bits per heavy atom. The quantitative estimate of drug-likeness (QED) is 0.249. The van der Waals surface area contributed by atoms with Gasteiger partial charge in [0.2, 0.25) is 6.79 Å². The van der Waals surface area contributed by atoms with Crippen LogP contribution < -0.4 is 14.4 Å². The van der Waals surface area contributed by atoms with Crippen molar-refractivity contribution >= 4 is 29.1 Å². The number of fused-ring (bicyclic) bond motifs is 1. The van der Waals surface area contributed by atoms with E-state index in [4.69, 9.17) is 14.2 Å². The maximum absolute atomic E-state index is 13.3. The fraction of sp³-hybridized carbons (Fsp3) is 0.185. The summed E-state index contributed by atoms with van der Waals surface area (Å²) in [5, 5.41) is 11.2. The van der Waals surface area contributed by atoms with E-state index < -0.39 is 23.7 Å². The molecule has 182 valence electrons.